The average Bonchev–Trinajstić information content (AvgIpc) is 3.05. The Kier molecular flexibility index (Phi) is 4.83. The van der Waals surface area contributed by atoms with Crippen LogP contribution >= 0.6 is 0 Å². The quantitative estimate of drug-likeness (QED) is 0.919. The van der Waals surface area contributed by atoms with E-state index < -0.39 is 5.54 Å². The minimum Gasteiger partial charge on any atom is -0.345 e. The van der Waals surface area contributed by atoms with Gasteiger partial charge in [0, 0.05) is 12.1 Å². The summed E-state index contributed by atoms with van der Waals surface area (Å²) in [4.78, 5) is 31.5. The number of likely N-dealkylation sites (tertiary alicyclic amines) is 1. The van der Waals surface area contributed by atoms with Gasteiger partial charge in [-0.1, -0.05) is 23.4 Å². The summed E-state index contributed by atoms with van der Waals surface area (Å²) in [6, 6.07) is 9.07. The van der Waals surface area contributed by atoms with Gasteiger partial charge in [0.1, 0.15) is 5.54 Å². The molecule has 0 radical (unpaired) electrons. The summed E-state index contributed by atoms with van der Waals surface area (Å²) >= 11 is 0. The van der Waals surface area contributed by atoms with Gasteiger partial charge in [0.2, 0.25) is 11.8 Å². The standard InChI is InChI=1S/C18H22N4O3/c1-13-20-15(25-21-13)12-19-17(24)18(2)10-6-7-11-22(18)16(23)14-8-4-3-5-9-14/h3-5,8-9H,6-7,10-12H2,1-2H3,(H,19,24). The minimum atomic E-state index is -0.889. The third-order valence-corrected chi connectivity index (χ3v) is 4.62. The molecule has 1 aromatic heterocycles. The molecule has 0 spiro atoms. The molecule has 1 unspecified atom stereocenters. The van der Waals surface area contributed by atoms with Crippen molar-refractivity contribution in [3.8, 4) is 0 Å². The van der Waals surface area contributed by atoms with Crippen molar-refractivity contribution in [2.24, 2.45) is 0 Å². The highest BCUT2D eigenvalue weighted by molar-refractivity contribution is 5.99. The number of hydrogen-bond acceptors (Lipinski definition) is 5. The molecule has 1 N–H and O–H groups in total. The zero-order valence-corrected chi connectivity index (χ0v) is 14.5. The Bertz CT molecular complexity index is 759. The number of carbonyl (C=O) groups is 2. The highest BCUT2D eigenvalue weighted by Crippen LogP contribution is 2.30. The van der Waals surface area contributed by atoms with Crippen LogP contribution < -0.4 is 5.32 Å². The Morgan fingerprint density at radius 1 is 1.28 bits per heavy atom. The Morgan fingerprint density at radius 2 is 2.04 bits per heavy atom. The summed E-state index contributed by atoms with van der Waals surface area (Å²) in [7, 11) is 0. The normalized spacial score (nSPS) is 20.3. The monoisotopic (exact) mass is 342 g/mol. The van der Waals surface area contributed by atoms with Gasteiger partial charge >= 0.3 is 0 Å². The zero-order chi connectivity index (χ0) is 17.9. The second-order valence-electron chi connectivity index (χ2n) is 6.47. The van der Waals surface area contributed by atoms with E-state index in [1.54, 1.807) is 24.0 Å². The van der Waals surface area contributed by atoms with E-state index in [0.29, 0.717) is 30.2 Å². The van der Waals surface area contributed by atoms with Crippen LogP contribution in [-0.4, -0.2) is 38.9 Å². The Hall–Kier alpha value is -2.70. The van der Waals surface area contributed by atoms with Crippen molar-refractivity contribution in [2.45, 2.75) is 45.2 Å². The van der Waals surface area contributed by atoms with Crippen molar-refractivity contribution < 1.29 is 14.1 Å². The van der Waals surface area contributed by atoms with Gasteiger partial charge in [-0.05, 0) is 45.2 Å². The third-order valence-electron chi connectivity index (χ3n) is 4.62. The number of aromatic nitrogens is 2. The summed E-state index contributed by atoms with van der Waals surface area (Å²) in [5, 5.41) is 6.54. The highest BCUT2D eigenvalue weighted by atomic mass is 16.5. The molecule has 3 rings (SSSR count). The molecule has 25 heavy (non-hydrogen) atoms. The lowest BCUT2D eigenvalue weighted by Gasteiger charge is -2.43. The number of nitrogens with zero attached hydrogens (tertiary/aromatic N) is 3. The molecular weight excluding hydrogens is 320 g/mol. The number of rotatable bonds is 4. The van der Waals surface area contributed by atoms with Crippen LogP contribution in [-0.2, 0) is 11.3 Å². The van der Waals surface area contributed by atoms with Gasteiger partial charge in [0.25, 0.3) is 5.91 Å². The fourth-order valence-corrected chi connectivity index (χ4v) is 3.18. The summed E-state index contributed by atoms with van der Waals surface area (Å²) < 4.78 is 5.02. The van der Waals surface area contributed by atoms with Crippen LogP contribution in [0, 0.1) is 6.92 Å². The predicted molar refractivity (Wildman–Crippen MR) is 90.6 cm³/mol. The van der Waals surface area contributed by atoms with Crippen LogP contribution in [0.4, 0.5) is 0 Å². The van der Waals surface area contributed by atoms with Gasteiger partial charge in [0.05, 0.1) is 6.54 Å². The molecule has 0 aliphatic carbocycles. The number of hydrogen-bond donors (Lipinski definition) is 1. The molecule has 1 aromatic carbocycles. The summed E-state index contributed by atoms with van der Waals surface area (Å²) in [6.45, 7) is 4.26. The van der Waals surface area contributed by atoms with Crippen LogP contribution in [0.25, 0.3) is 0 Å². The molecule has 1 fully saturated rings. The maximum absolute atomic E-state index is 12.9. The lowest BCUT2D eigenvalue weighted by Crippen LogP contribution is -2.60. The molecule has 7 nitrogen and oxygen atoms in total. The van der Waals surface area contributed by atoms with E-state index in [4.69, 9.17) is 4.52 Å². The van der Waals surface area contributed by atoms with E-state index >= 15 is 0 Å². The molecule has 1 aliphatic rings. The fraction of sp³-hybridized carbons (Fsp3) is 0.444. The average molecular weight is 342 g/mol. The second-order valence-corrected chi connectivity index (χ2v) is 6.47. The van der Waals surface area contributed by atoms with E-state index in [0.717, 1.165) is 12.8 Å². The van der Waals surface area contributed by atoms with Crippen LogP contribution in [0.5, 0.6) is 0 Å². The Morgan fingerprint density at radius 3 is 2.72 bits per heavy atom. The number of carbonyl (C=O) groups excluding carboxylic acids is 2. The van der Waals surface area contributed by atoms with Crippen molar-refractivity contribution >= 4 is 11.8 Å². The van der Waals surface area contributed by atoms with Crippen molar-refractivity contribution in [3.63, 3.8) is 0 Å². The Balaban J connectivity index is 1.75. The van der Waals surface area contributed by atoms with Crippen molar-refractivity contribution in [2.75, 3.05) is 6.54 Å². The van der Waals surface area contributed by atoms with Crippen LogP contribution in [0.2, 0.25) is 0 Å². The SMILES string of the molecule is Cc1noc(CNC(=O)C2(C)CCCCN2C(=O)c2ccccc2)n1. The lowest BCUT2D eigenvalue weighted by atomic mass is 9.86. The number of piperidine rings is 1. The molecule has 2 heterocycles. The number of aryl methyl sites for hydroxylation is 1. The molecule has 2 aromatic rings. The van der Waals surface area contributed by atoms with Crippen LogP contribution in [0.3, 0.4) is 0 Å². The summed E-state index contributed by atoms with van der Waals surface area (Å²) in [5.41, 5.74) is -0.295. The van der Waals surface area contributed by atoms with Gasteiger partial charge in [0.15, 0.2) is 5.82 Å². The Labute approximate surface area is 146 Å². The summed E-state index contributed by atoms with van der Waals surface area (Å²) in [6.07, 6.45) is 2.42. The van der Waals surface area contributed by atoms with E-state index in [2.05, 4.69) is 15.5 Å². The van der Waals surface area contributed by atoms with E-state index in [9.17, 15) is 9.59 Å². The largest absolute Gasteiger partial charge is 0.345 e. The fourth-order valence-electron chi connectivity index (χ4n) is 3.18. The molecule has 1 aliphatic heterocycles. The first-order valence-corrected chi connectivity index (χ1v) is 8.45. The number of nitrogens with one attached hydrogen (secondary N) is 1. The highest BCUT2D eigenvalue weighted by Gasteiger charge is 2.43. The maximum Gasteiger partial charge on any atom is 0.254 e. The first-order valence-electron chi connectivity index (χ1n) is 8.45. The zero-order valence-electron chi connectivity index (χ0n) is 14.5. The van der Waals surface area contributed by atoms with Crippen molar-refractivity contribution in [1.82, 2.24) is 20.4 Å². The third kappa shape index (κ3) is 3.55. The van der Waals surface area contributed by atoms with E-state index in [1.807, 2.05) is 25.1 Å². The van der Waals surface area contributed by atoms with Gasteiger partial charge in [-0.25, -0.2) is 0 Å². The topological polar surface area (TPSA) is 88.3 Å². The van der Waals surface area contributed by atoms with Gasteiger partial charge < -0.3 is 14.7 Å². The van der Waals surface area contributed by atoms with Gasteiger partial charge in [-0.15, -0.1) is 0 Å². The molecule has 1 atom stereocenters. The minimum absolute atomic E-state index is 0.119. The van der Waals surface area contributed by atoms with Gasteiger partial charge in [-0.3, -0.25) is 9.59 Å². The molecule has 0 saturated carbocycles. The second kappa shape index (κ2) is 7.04. The number of amides is 2. The predicted octanol–water partition coefficient (Wildman–Crippen LogP) is 2.08. The van der Waals surface area contributed by atoms with E-state index in [1.165, 1.54) is 0 Å². The number of benzene rings is 1. The molecule has 2 amide bonds. The first kappa shape index (κ1) is 17.1. The molecule has 0 bridgehead atoms. The molecule has 132 valence electrons. The molecule has 1 saturated heterocycles. The lowest BCUT2D eigenvalue weighted by molar-refractivity contribution is -0.133. The smallest absolute Gasteiger partial charge is 0.254 e. The van der Waals surface area contributed by atoms with Crippen molar-refractivity contribution in [1.29, 1.82) is 0 Å². The van der Waals surface area contributed by atoms with Crippen molar-refractivity contribution in [3.05, 3.63) is 47.6 Å². The maximum atomic E-state index is 12.9. The van der Waals surface area contributed by atoms with Gasteiger partial charge in [-0.2, -0.15) is 4.98 Å². The molecular formula is C18H22N4O3. The van der Waals surface area contributed by atoms with Crippen LogP contribution in [0.1, 0.15) is 48.3 Å². The molecule has 7 heteroatoms. The first-order chi connectivity index (χ1) is 12.0. The van der Waals surface area contributed by atoms with E-state index in [-0.39, 0.29) is 18.4 Å². The van der Waals surface area contributed by atoms with Crippen LogP contribution in [0.15, 0.2) is 34.9 Å². The summed E-state index contributed by atoms with van der Waals surface area (Å²) in [5.74, 6) is 0.555.